The van der Waals surface area contributed by atoms with Gasteiger partial charge in [0, 0.05) is 17.6 Å². The van der Waals surface area contributed by atoms with E-state index in [1.54, 1.807) is 42.2 Å². The molecule has 24 heavy (non-hydrogen) atoms. The van der Waals surface area contributed by atoms with E-state index in [0.29, 0.717) is 11.4 Å². The molecular formula is C18H16FN3OS. The average molecular weight is 341 g/mol. The number of rotatable bonds is 5. The first-order chi connectivity index (χ1) is 11.7. The molecule has 0 aliphatic rings. The van der Waals surface area contributed by atoms with E-state index in [1.165, 1.54) is 16.3 Å². The Balaban J connectivity index is 1.73. The summed E-state index contributed by atoms with van der Waals surface area (Å²) in [6.45, 7) is 0. The van der Waals surface area contributed by atoms with Crippen molar-refractivity contribution in [2.75, 3.05) is 11.6 Å². The van der Waals surface area contributed by atoms with Gasteiger partial charge in [-0.1, -0.05) is 24.3 Å². The normalized spacial score (nSPS) is 10.6. The number of halogens is 1. The third kappa shape index (κ3) is 3.65. The van der Waals surface area contributed by atoms with Crippen LogP contribution in [0.4, 0.5) is 10.1 Å². The Morgan fingerprint density at radius 1 is 1.17 bits per heavy atom. The van der Waals surface area contributed by atoms with Crippen LogP contribution in [0.5, 0.6) is 0 Å². The average Bonchev–Trinajstić information content (AvgIpc) is 3.07. The molecule has 1 N–H and O–H groups in total. The van der Waals surface area contributed by atoms with Gasteiger partial charge in [0.1, 0.15) is 11.5 Å². The predicted octanol–water partition coefficient (Wildman–Crippen LogP) is 4.13. The molecule has 0 radical (unpaired) electrons. The lowest BCUT2D eigenvalue weighted by Crippen LogP contribution is -2.13. The van der Waals surface area contributed by atoms with Gasteiger partial charge in [-0.25, -0.2) is 9.07 Å². The Morgan fingerprint density at radius 2 is 1.92 bits per heavy atom. The summed E-state index contributed by atoms with van der Waals surface area (Å²) in [5.41, 5.74) is 2.43. The molecule has 0 aliphatic carbocycles. The first kappa shape index (κ1) is 16.3. The number of amides is 1. The summed E-state index contributed by atoms with van der Waals surface area (Å²) in [4.78, 5) is 12.3. The molecule has 1 heterocycles. The highest BCUT2D eigenvalue weighted by molar-refractivity contribution is 7.97. The summed E-state index contributed by atoms with van der Waals surface area (Å²) >= 11 is 1.74. The van der Waals surface area contributed by atoms with Crippen LogP contribution in [-0.4, -0.2) is 21.9 Å². The van der Waals surface area contributed by atoms with Crippen LogP contribution < -0.4 is 5.32 Å². The lowest BCUT2D eigenvalue weighted by Gasteiger charge is -2.05. The van der Waals surface area contributed by atoms with Crippen LogP contribution in [0.1, 0.15) is 16.1 Å². The van der Waals surface area contributed by atoms with E-state index in [1.807, 2.05) is 30.5 Å². The molecule has 0 fully saturated rings. The maximum absolute atomic E-state index is 13.8. The fourth-order valence-corrected chi connectivity index (χ4v) is 2.79. The molecule has 3 aromatic rings. The number of thioether (sulfide) groups is 1. The van der Waals surface area contributed by atoms with Gasteiger partial charge in [0.15, 0.2) is 5.69 Å². The molecule has 0 saturated heterocycles. The minimum Gasteiger partial charge on any atom is -0.321 e. The van der Waals surface area contributed by atoms with Gasteiger partial charge in [-0.15, -0.1) is 0 Å². The van der Waals surface area contributed by atoms with E-state index >= 15 is 0 Å². The van der Waals surface area contributed by atoms with Crippen molar-refractivity contribution < 1.29 is 9.18 Å². The van der Waals surface area contributed by atoms with Gasteiger partial charge >= 0.3 is 0 Å². The van der Waals surface area contributed by atoms with Gasteiger partial charge in [0.25, 0.3) is 5.91 Å². The third-order valence-electron chi connectivity index (χ3n) is 3.44. The molecule has 0 atom stereocenters. The van der Waals surface area contributed by atoms with Gasteiger partial charge in [0.2, 0.25) is 0 Å². The number of anilines is 1. The SMILES string of the molecule is CSCc1ccc(NC(=O)c2ccn(-c3ccccc3F)n2)cc1. The van der Waals surface area contributed by atoms with Crippen LogP contribution in [0.3, 0.4) is 0 Å². The number of hydrogen-bond acceptors (Lipinski definition) is 3. The molecule has 2 aromatic carbocycles. The van der Waals surface area contributed by atoms with E-state index in [9.17, 15) is 9.18 Å². The van der Waals surface area contributed by atoms with E-state index in [4.69, 9.17) is 0 Å². The van der Waals surface area contributed by atoms with Gasteiger partial charge < -0.3 is 5.32 Å². The Bertz CT molecular complexity index is 845. The van der Waals surface area contributed by atoms with Gasteiger partial charge in [-0.3, -0.25) is 4.79 Å². The van der Waals surface area contributed by atoms with Crippen LogP contribution in [0.15, 0.2) is 60.8 Å². The second kappa shape index (κ2) is 7.31. The Labute approximate surface area is 143 Å². The maximum Gasteiger partial charge on any atom is 0.276 e. The van der Waals surface area contributed by atoms with Crippen LogP contribution in [-0.2, 0) is 5.75 Å². The molecule has 122 valence electrons. The van der Waals surface area contributed by atoms with Gasteiger partial charge in [0.05, 0.1) is 0 Å². The third-order valence-corrected chi connectivity index (χ3v) is 4.07. The molecule has 3 rings (SSSR count). The second-order valence-corrected chi connectivity index (χ2v) is 6.05. The molecule has 1 amide bonds. The Hall–Kier alpha value is -2.60. The molecule has 1 aromatic heterocycles. The van der Waals surface area contributed by atoms with Crippen molar-refractivity contribution in [2.45, 2.75) is 5.75 Å². The Kier molecular flexibility index (Phi) is 4.96. The van der Waals surface area contributed by atoms with Crippen molar-refractivity contribution >= 4 is 23.4 Å². The summed E-state index contributed by atoms with van der Waals surface area (Å²) < 4.78 is 15.1. The van der Waals surface area contributed by atoms with Crippen LogP contribution in [0, 0.1) is 5.82 Å². The monoisotopic (exact) mass is 341 g/mol. The Morgan fingerprint density at radius 3 is 2.62 bits per heavy atom. The zero-order valence-corrected chi connectivity index (χ0v) is 13.9. The van der Waals surface area contributed by atoms with Gasteiger partial charge in [-0.05, 0) is 42.2 Å². The quantitative estimate of drug-likeness (QED) is 0.759. The lowest BCUT2D eigenvalue weighted by atomic mass is 10.2. The standard InChI is InChI=1S/C18H16FN3OS/c1-24-12-13-6-8-14(9-7-13)20-18(23)16-10-11-22(21-16)17-5-3-2-4-15(17)19/h2-11H,12H2,1H3,(H,20,23). The van der Waals surface area contributed by atoms with E-state index in [2.05, 4.69) is 10.4 Å². The van der Waals surface area contributed by atoms with Gasteiger partial charge in [-0.2, -0.15) is 16.9 Å². The number of para-hydroxylation sites is 1. The number of aromatic nitrogens is 2. The smallest absolute Gasteiger partial charge is 0.276 e. The fourth-order valence-electron chi connectivity index (χ4n) is 2.26. The minimum atomic E-state index is -0.392. The maximum atomic E-state index is 13.8. The molecule has 4 nitrogen and oxygen atoms in total. The van der Waals surface area contributed by atoms with Crippen LogP contribution in [0.2, 0.25) is 0 Å². The van der Waals surface area contributed by atoms with Crippen molar-refractivity contribution in [3.63, 3.8) is 0 Å². The van der Waals surface area contributed by atoms with Crippen LogP contribution >= 0.6 is 11.8 Å². The summed E-state index contributed by atoms with van der Waals surface area (Å²) in [5.74, 6) is 0.209. The largest absolute Gasteiger partial charge is 0.321 e. The predicted molar refractivity (Wildman–Crippen MR) is 95.1 cm³/mol. The molecule has 6 heteroatoms. The molecule has 0 unspecified atom stereocenters. The summed E-state index contributed by atoms with van der Waals surface area (Å²) in [6, 6.07) is 15.5. The highest BCUT2D eigenvalue weighted by Gasteiger charge is 2.12. The highest BCUT2D eigenvalue weighted by atomic mass is 32.2. The van der Waals surface area contributed by atoms with Crippen molar-refractivity contribution in [2.24, 2.45) is 0 Å². The highest BCUT2D eigenvalue weighted by Crippen LogP contribution is 2.15. The fraction of sp³-hybridized carbons (Fsp3) is 0.111. The first-order valence-corrected chi connectivity index (χ1v) is 8.76. The molecule has 0 saturated carbocycles. The van der Waals surface area contributed by atoms with Crippen molar-refractivity contribution in [1.29, 1.82) is 0 Å². The minimum absolute atomic E-state index is 0.228. The number of carbonyl (C=O) groups is 1. The molecule has 0 bridgehead atoms. The van der Waals surface area contributed by atoms with E-state index < -0.39 is 5.82 Å². The van der Waals surface area contributed by atoms with Crippen LogP contribution in [0.25, 0.3) is 5.69 Å². The summed E-state index contributed by atoms with van der Waals surface area (Å²) in [7, 11) is 0. The van der Waals surface area contributed by atoms with Crippen molar-refractivity contribution in [1.82, 2.24) is 9.78 Å². The van der Waals surface area contributed by atoms with E-state index in [0.717, 1.165) is 5.75 Å². The number of nitrogens with zero attached hydrogens (tertiary/aromatic N) is 2. The van der Waals surface area contributed by atoms with Crippen molar-refractivity contribution in [3.05, 3.63) is 77.9 Å². The van der Waals surface area contributed by atoms with Crippen molar-refractivity contribution in [3.8, 4) is 5.69 Å². The molecule has 0 aliphatic heterocycles. The summed E-state index contributed by atoms with van der Waals surface area (Å²) in [6.07, 6.45) is 3.61. The number of hydrogen-bond donors (Lipinski definition) is 1. The number of nitrogens with one attached hydrogen (secondary N) is 1. The molecular weight excluding hydrogens is 325 g/mol. The number of benzene rings is 2. The topological polar surface area (TPSA) is 46.9 Å². The zero-order chi connectivity index (χ0) is 16.9. The first-order valence-electron chi connectivity index (χ1n) is 7.37. The summed E-state index contributed by atoms with van der Waals surface area (Å²) in [5, 5.41) is 6.94. The second-order valence-electron chi connectivity index (χ2n) is 5.18. The van der Waals surface area contributed by atoms with E-state index in [-0.39, 0.29) is 11.6 Å². The zero-order valence-electron chi connectivity index (χ0n) is 13.1. The number of carbonyl (C=O) groups excluding carboxylic acids is 1. The molecule has 0 spiro atoms. The lowest BCUT2D eigenvalue weighted by molar-refractivity contribution is 0.102.